The zero-order valence-electron chi connectivity index (χ0n) is 11.8. The van der Waals surface area contributed by atoms with Crippen LogP contribution >= 0.6 is 22.6 Å². The summed E-state index contributed by atoms with van der Waals surface area (Å²) in [7, 11) is 0. The highest BCUT2D eigenvalue weighted by Gasteiger charge is 2.15. The Hall–Kier alpha value is -1.55. The van der Waals surface area contributed by atoms with Gasteiger partial charge in [-0.2, -0.15) is 0 Å². The van der Waals surface area contributed by atoms with E-state index < -0.39 is 0 Å². The van der Waals surface area contributed by atoms with Crippen molar-refractivity contribution >= 4 is 55.3 Å². The molecular formula is C19H15IO. The van der Waals surface area contributed by atoms with Gasteiger partial charge in [0.15, 0.2) is 0 Å². The summed E-state index contributed by atoms with van der Waals surface area (Å²) in [6.07, 6.45) is 2.18. The van der Waals surface area contributed by atoms with Crippen molar-refractivity contribution in [2.75, 3.05) is 0 Å². The van der Waals surface area contributed by atoms with Gasteiger partial charge in [-0.1, -0.05) is 49.7 Å². The van der Waals surface area contributed by atoms with Crippen molar-refractivity contribution in [1.82, 2.24) is 0 Å². The molecule has 0 aliphatic rings. The molecule has 0 aliphatic heterocycles. The lowest BCUT2D eigenvalue weighted by atomic mass is 9.98. The highest BCUT2D eigenvalue weighted by atomic mass is 127. The third-order valence-corrected chi connectivity index (χ3v) is 4.89. The number of fused-ring (bicyclic) bond motifs is 5. The number of para-hydroxylation sites is 1. The third-order valence-electron chi connectivity index (χ3n) is 4.04. The fraction of sp³-hybridized carbons (Fsp3) is 0.158. The first kappa shape index (κ1) is 13.1. The van der Waals surface area contributed by atoms with Crippen LogP contribution in [-0.4, -0.2) is 0 Å². The van der Waals surface area contributed by atoms with Crippen LogP contribution in [0.4, 0.5) is 0 Å². The molecule has 4 rings (SSSR count). The summed E-state index contributed by atoms with van der Waals surface area (Å²) in [5.74, 6) is 0. The van der Waals surface area contributed by atoms with Crippen LogP contribution in [0.5, 0.6) is 0 Å². The Bertz CT molecular complexity index is 965. The minimum Gasteiger partial charge on any atom is -0.455 e. The van der Waals surface area contributed by atoms with E-state index in [0.29, 0.717) is 0 Å². The Balaban J connectivity index is 2.28. The number of benzene rings is 3. The molecule has 0 spiro atoms. The van der Waals surface area contributed by atoms with Crippen molar-refractivity contribution in [1.29, 1.82) is 0 Å². The van der Waals surface area contributed by atoms with Crippen LogP contribution in [0.15, 0.2) is 52.9 Å². The van der Waals surface area contributed by atoms with E-state index >= 15 is 0 Å². The molecule has 0 amide bonds. The number of furan rings is 1. The van der Waals surface area contributed by atoms with Gasteiger partial charge in [0.25, 0.3) is 0 Å². The molecule has 3 aromatic carbocycles. The molecule has 0 fully saturated rings. The lowest BCUT2D eigenvalue weighted by Gasteiger charge is -2.05. The van der Waals surface area contributed by atoms with Crippen molar-refractivity contribution in [2.45, 2.75) is 19.8 Å². The summed E-state index contributed by atoms with van der Waals surface area (Å²) in [4.78, 5) is 0. The lowest BCUT2D eigenvalue weighted by Crippen LogP contribution is -1.85. The second kappa shape index (κ2) is 5.02. The van der Waals surface area contributed by atoms with Crippen molar-refractivity contribution < 1.29 is 4.42 Å². The van der Waals surface area contributed by atoms with Crippen molar-refractivity contribution in [2.24, 2.45) is 0 Å². The molecule has 0 saturated carbocycles. The molecule has 4 aromatic rings. The van der Waals surface area contributed by atoms with Crippen LogP contribution in [0.3, 0.4) is 0 Å². The minimum atomic E-state index is 1.02. The molecule has 0 radical (unpaired) electrons. The second-order valence-electron chi connectivity index (χ2n) is 5.43. The molecule has 104 valence electrons. The predicted octanol–water partition coefficient (Wildman–Crippen LogP) is 6.30. The molecule has 1 heterocycles. The van der Waals surface area contributed by atoms with E-state index in [0.717, 1.165) is 24.0 Å². The molecule has 0 atom stereocenters. The predicted molar refractivity (Wildman–Crippen MR) is 97.9 cm³/mol. The molecule has 1 nitrogen and oxygen atoms in total. The molecule has 21 heavy (non-hydrogen) atoms. The van der Waals surface area contributed by atoms with Crippen LogP contribution in [0.2, 0.25) is 0 Å². The lowest BCUT2D eigenvalue weighted by molar-refractivity contribution is 0.659. The molecule has 1 aromatic heterocycles. The number of halogens is 1. The first-order chi connectivity index (χ1) is 10.3. The summed E-state index contributed by atoms with van der Waals surface area (Å²) in [5.41, 5.74) is 3.40. The van der Waals surface area contributed by atoms with E-state index in [2.05, 4.69) is 78.0 Å². The molecule has 0 bridgehead atoms. The van der Waals surface area contributed by atoms with Gasteiger partial charge in [-0.05, 0) is 57.5 Å². The smallest absolute Gasteiger partial charge is 0.148 e. The average molecular weight is 386 g/mol. The van der Waals surface area contributed by atoms with Gasteiger partial charge in [0, 0.05) is 10.8 Å². The summed E-state index contributed by atoms with van der Waals surface area (Å²) in [6.45, 7) is 2.22. The van der Waals surface area contributed by atoms with Gasteiger partial charge in [0.2, 0.25) is 0 Å². The average Bonchev–Trinajstić information content (AvgIpc) is 2.89. The first-order valence-electron chi connectivity index (χ1n) is 7.31. The molecule has 0 saturated heterocycles. The van der Waals surface area contributed by atoms with E-state index in [1.54, 1.807) is 0 Å². The van der Waals surface area contributed by atoms with Crippen LogP contribution in [-0.2, 0) is 6.42 Å². The Morgan fingerprint density at radius 2 is 1.76 bits per heavy atom. The maximum absolute atomic E-state index is 6.27. The van der Waals surface area contributed by atoms with E-state index in [1.807, 2.05) is 0 Å². The topological polar surface area (TPSA) is 13.1 Å². The molecule has 0 N–H and O–H groups in total. The van der Waals surface area contributed by atoms with Gasteiger partial charge in [-0.3, -0.25) is 0 Å². The zero-order chi connectivity index (χ0) is 14.4. The van der Waals surface area contributed by atoms with Crippen molar-refractivity contribution in [3.63, 3.8) is 0 Å². The molecule has 2 heteroatoms. The van der Waals surface area contributed by atoms with Gasteiger partial charge >= 0.3 is 0 Å². The highest BCUT2D eigenvalue weighted by molar-refractivity contribution is 14.1. The number of aryl methyl sites for hydroxylation is 1. The van der Waals surface area contributed by atoms with E-state index in [1.165, 1.54) is 30.7 Å². The van der Waals surface area contributed by atoms with Gasteiger partial charge < -0.3 is 4.42 Å². The quantitative estimate of drug-likeness (QED) is 0.369. The maximum atomic E-state index is 6.27. The second-order valence-corrected chi connectivity index (χ2v) is 6.59. The monoisotopic (exact) mass is 386 g/mol. The van der Waals surface area contributed by atoms with Crippen LogP contribution in [0, 0.1) is 3.57 Å². The number of hydrogen-bond acceptors (Lipinski definition) is 1. The fourth-order valence-corrected chi connectivity index (χ4v) is 3.75. The summed E-state index contributed by atoms with van der Waals surface area (Å²) >= 11 is 2.36. The summed E-state index contributed by atoms with van der Waals surface area (Å²) in [6, 6.07) is 17.3. The van der Waals surface area contributed by atoms with Crippen LogP contribution in [0.25, 0.3) is 32.7 Å². The maximum Gasteiger partial charge on any atom is 0.148 e. The Labute approximate surface area is 137 Å². The van der Waals surface area contributed by atoms with Gasteiger partial charge in [-0.25, -0.2) is 0 Å². The largest absolute Gasteiger partial charge is 0.455 e. The summed E-state index contributed by atoms with van der Waals surface area (Å²) in [5, 5.41) is 5.08. The van der Waals surface area contributed by atoms with Crippen LogP contribution < -0.4 is 0 Å². The normalized spacial score (nSPS) is 11.7. The van der Waals surface area contributed by atoms with Crippen LogP contribution in [0.1, 0.15) is 18.9 Å². The third kappa shape index (κ3) is 1.96. The van der Waals surface area contributed by atoms with Gasteiger partial charge in [0.1, 0.15) is 11.2 Å². The zero-order valence-corrected chi connectivity index (χ0v) is 14.0. The number of hydrogen-bond donors (Lipinski definition) is 0. The minimum absolute atomic E-state index is 1.02. The van der Waals surface area contributed by atoms with E-state index in [-0.39, 0.29) is 0 Å². The summed E-state index contributed by atoms with van der Waals surface area (Å²) < 4.78 is 7.44. The van der Waals surface area contributed by atoms with Gasteiger partial charge in [0.05, 0.1) is 3.57 Å². The molecular weight excluding hydrogens is 371 g/mol. The fourth-order valence-electron chi connectivity index (χ4n) is 3.14. The molecule has 0 unspecified atom stereocenters. The van der Waals surface area contributed by atoms with Crippen molar-refractivity contribution in [3.8, 4) is 0 Å². The van der Waals surface area contributed by atoms with E-state index in [9.17, 15) is 0 Å². The standard InChI is InChI=1S/C19H15IO/c1-2-6-13-11-12-7-3-4-8-14(12)17-15-9-5-10-16(20)19(15)21-18(13)17/h3-5,7-11H,2,6H2,1H3. The SMILES string of the molecule is CCCc1cc2ccccc2c2c1oc1c(I)cccc12. The van der Waals surface area contributed by atoms with Crippen molar-refractivity contribution in [3.05, 3.63) is 57.7 Å². The van der Waals surface area contributed by atoms with Gasteiger partial charge in [-0.15, -0.1) is 0 Å². The molecule has 0 aliphatic carbocycles. The number of rotatable bonds is 2. The Kier molecular flexibility index (Phi) is 3.14. The Morgan fingerprint density at radius 1 is 0.952 bits per heavy atom. The van der Waals surface area contributed by atoms with E-state index in [4.69, 9.17) is 4.42 Å². The highest BCUT2D eigenvalue weighted by Crippen LogP contribution is 2.38. The Morgan fingerprint density at radius 3 is 2.62 bits per heavy atom. The first-order valence-corrected chi connectivity index (χ1v) is 8.39.